The molecule has 5 atom stereocenters. The molecule has 0 amide bonds. The standard InChI is InChI=1S/C12H15ClO5/c13-5-9(14)16-1-2-17-10-6-3-7-8(4-6)12(15)18-11(7)10/h6-8,10-11H,1-5H2/t6?,7?,8?,10-,11?/m1/s1. The number of halogens is 1. The van der Waals surface area contributed by atoms with E-state index in [1.54, 1.807) is 0 Å². The van der Waals surface area contributed by atoms with Crippen LogP contribution in [0.3, 0.4) is 0 Å². The third-order valence-corrected chi connectivity index (χ3v) is 4.40. The summed E-state index contributed by atoms with van der Waals surface area (Å²) in [6.07, 6.45) is 1.80. The highest BCUT2D eigenvalue weighted by Gasteiger charge is 2.62. The van der Waals surface area contributed by atoms with E-state index in [-0.39, 0.29) is 36.6 Å². The molecule has 18 heavy (non-hydrogen) atoms. The number of carbonyl (C=O) groups excluding carboxylic acids is 2. The zero-order valence-corrected chi connectivity index (χ0v) is 10.6. The predicted octanol–water partition coefficient (Wildman–Crippen LogP) is 0.735. The Morgan fingerprint density at radius 2 is 2.22 bits per heavy atom. The Labute approximate surface area is 110 Å². The first-order valence-corrected chi connectivity index (χ1v) is 6.78. The highest BCUT2D eigenvalue weighted by atomic mass is 35.5. The molecule has 0 aromatic rings. The molecule has 0 spiro atoms. The molecule has 0 N–H and O–H groups in total. The van der Waals surface area contributed by atoms with Gasteiger partial charge in [-0.2, -0.15) is 0 Å². The van der Waals surface area contributed by atoms with Crippen LogP contribution >= 0.6 is 11.6 Å². The van der Waals surface area contributed by atoms with Gasteiger partial charge in [0, 0.05) is 5.92 Å². The minimum Gasteiger partial charge on any atom is -0.462 e. The maximum Gasteiger partial charge on any atom is 0.320 e. The minimum absolute atomic E-state index is 0.0209. The van der Waals surface area contributed by atoms with Crippen molar-refractivity contribution in [3.63, 3.8) is 0 Å². The fourth-order valence-corrected chi connectivity index (χ4v) is 3.59. The Morgan fingerprint density at radius 1 is 1.39 bits per heavy atom. The highest BCUT2D eigenvalue weighted by Crippen LogP contribution is 2.55. The molecule has 1 aliphatic heterocycles. The summed E-state index contributed by atoms with van der Waals surface area (Å²) in [5.74, 6) is 0.218. The van der Waals surface area contributed by atoms with E-state index in [9.17, 15) is 9.59 Å². The molecule has 1 saturated heterocycles. The van der Waals surface area contributed by atoms with Crippen molar-refractivity contribution < 1.29 is 23.8 Å². The van der Waals surface area contributed by atoms with Gasteiger partial charge in [-0.05, 0) is 18.8 Å². The summed E-state index contributed by atoms with van der Waals surface area (Å²) in [5.41, 5.74) is 0. The van der Waals surface area contributed by atoms with Crippen LogP contribution in [0.2, 0.25) is 0 Å². The molecule has 3 rings (SSSR count). The Kier molecular flexibility index (Phi) is 3.20. The fourth-order valence-electron chi connectivity index (χ4n) is 3.51. The van der Waals surface area contributed by atoms with E-state index in [2.05, 4.69) is 0 Å². The molecular weight excluding hydrogens is 260 g/mol. The van der Waals surface area contributed by atoms with Crippen molar-refractivity contribution >= 4 is 23.5 Å². The lowest BCUT2D eigenvalue weighted by Crippen LogP contribution is -2.35. The SMILES string of the molecule is O=C(CCl)OCCO[C@@H]1C2CC3C(=O)OC1C3C2. The van der Waals surface area contributed by atoms with E-state index in [1.165, 1.54) is 0 Å². The third kappa shape index (κ3) is 1.89. The second-order valence-corrected chi connectivity index (χ2v) is 5.36. The lowest BCUT2D eigenvalue weighted by molar-refractivity contribution is -0.149. The van der Waals surface area contributed by atoms with Gasteiger partial charge in [0.1, 0.15) is 18.6 Å². The zero-order chi connectivity index (χ0) is 12.7. The highest BCUT2D eigenvalue weighted by molar-refractivity contribution is 6.26. The van der Waals surface area contributed by atoms with Gasteiger partial charge in [-0.1, -0.05) is 0 Å². The second kappa shape index (κ2) is 4.70. The summed E-state index contributed by atoms with van der Waals surface area (Å²) in [7, 11) is 0. The summed E-state index contributed by atoms with van der Waals surface area (Å²) in [4.78, 5) is 22.4. The molecule has 3 fully saturated rings. The van der Waals surface area contributed by atoms with Crippen LogP contribution in [0.4, 0.5) is 0 Å². The quantitative estimate of drug-likeness (QED) is 0.420. The normalized spacial score (nSPS) is 40.1. The first-order chi connectivity index (χ1) is 8.70. The lowest BCUT2D eigenvalue weighted by Gasteiger charge is -2.25. The molecule has 1 heterocycles. The first kappa shape index (κ1) is 12.2. The molecule has 3 aliphatic rings. The van der Waals surface area contributed by atoms with E-state index in [4.69, 9.17) is 25.8 Å². The number of alkyl halides is 1. The van der Waals surface area contributed by atoms with Crippen LogP contribution in [0, 0.1) is 17.8 Å². The van der Waals surface area contributed by atoms with Crippen LogP contribution < -0.4 is 0 Å². The Morgan fingerprint density at radius 3 is 3.00 bits per heavy atom. The number of esters is 2. The van der Waals surface area contributed by atoms with Gasteiger partial charge in [0.05, 0.1) is 18.6 Å². The number of carbonyl (C=O) groups is 2. The molecule has 0 radical (unpaired) electrons. The van der Waals surface area contributed by atoms with Crippen LogP contribution in [0.1, 0.15) is 12.8 Å². The number of hydrogen-bond donors (Lipinski definition) is 0. The van der Waals surface area contributed by atoms with E-state index >= 15 is 0 Å². The molecule has 2 saturated carbocycles. The van der Waals surface area contributed by atoms with Crippen LogP contribution in [0.15, 0.2) is 0 Å². The zero-order valence-electron chi connectivity index (χ0n) is 9.84. The van der Waals surface area contributed by atoms with Gasteiger partial charge in [-0.3, -0.25) is 9.59 Å². The van der Waals surface area contributed by atoms with E-state index < -0.39 is 5.97 Å². The topological polar surface area (TPSA) is 61.8 Å². The monoisotopic (exact) mass is 274 g/mol. The Hall–Kier alpha value is -0.810. The summed E-state index contributed by atoms with van der Waals surface area (Å²) in [6, 6.07) is 0. The van der Waals surface area contributed by atoms with Crippen LogP contribution in [-0.4, -0.2) is 43.2 Å². The number of rotatable bonds is 5. The molecule has 2 bridgehead atoms. The van der Waals surface area contributed by atoms with Gasteiger partial charge < -0.3 is 14.2 Å². The molecule has 5 nitrogen and oxygen atoms in total. The average Bonchev–Trinajstić information content (AvgIpc) is 2.97. The van der Waals surface area contributed by atoms with Crippen molar-refractivity contribution in [1.29, 1.82) is 0 Å². The van der Waals surface area contributed by atoms with Crippen LogP contribution in [0.25, 0.3) is 0 Å². The lowest BCUT2D eigenvalue weighted by atomic mass is 9.88. The van der Waals surface area contributed by atoms with Gasteiger partial charge in [0.25, 0.3) is 0 Å². The first-order valence-electron chi connectivity index (χ1n) is 6.24. The number of ether oxygens (including phenoxy) is 3. The van der Waals surface area contributed by atoms with E-state index in [0.717, 1.165) is 12.8 Å². The Balaban J connectivity index is 1.47. The molecule has 0 aromatic carbocycles. The predicted molar refractivity (Wildman–Crippen MR) is 61.0 cm³/mol. The van der Waals surface area contributed by atoms with Crippen molar-refractivity contribution in [3.05, 3.63) is 0 Å². The summed E-state index contributed by atoms with van der Waals surface area (Å²) < 4.78 is 15.9. The number of hydrogen-bond acceptors (Lipinski definition) is 5. The van der Waals surface area contributed by atoms with Gasteiger partial charge >= 0.3 is 11.9 Å². The summed E-state index contributed by atoms with van der Waals surface area (Å²) >= 11 is 5.30. The molecular formula is C12H15ClO5. The van der Waals surface area contributed by atoms with Gasteiger partial charge in [-0.25, -0.2) is 0 Å². The molecule has 0 aromatic heterocycles. The average molecular weight is 275 g/mol. The van der Waals surface area contributed by atoms with Gasteiger partial charge in [0.15, 0.2) is 0 Å². The van der Waals surface area contributed by atoms with E-state index in [1.807, 2.05) is 0 Å². The van der Waals surface area contributed by atoms with E-state index in [0.29, 0.717) is 18.4 Å². The molecule has 4 unspecified atom stereocenters. The van der Waals surface area contributed by atoms with Gasteiger partial charge in [0.2, 0.25) is 0 Å². The van der Waals surface area contributed by atoms with Crippen LogP contribution in [0.5, 0.6) is 0 Å². The van der Waals surface area contributed by atoms with Crippen molar-refractivity contribution in [2.45, 2.75) is 25.0 Å². The van der Waals surface area contributed by atoms with Crippen molar-refractivity contribution in [2.75, 3.05) is 19.1 Å². The molecule has 6 heteroatoms. The smallest absolute Gasteiger partial charge is 0.320 e. The largest absolute Gasteiger partial charge is 0.462 e. The summed E-state index contributed by atoms with van der Waals surface area (Å²) in [6.45, 7) is 0.527. The molecule has 2 aliphatic carbocycles. The maximum atomic E-state index is 11.5. The van der Waals surface area contributed by atoms with Crippen LogP contribution in [-0.2, 0) is 23.8 Å². The maximum absolute atomic E-state index is 11.5. The Bertz CT molecular complexity index is 371. The number of fused-ring (bicyclic) bond motifs is 1. The minimum atomic E-state index is -0.444. The van der Waals surface area contributed by atoms with Crippen molar-refractivity contribution in [2.24, 2.45) is 17.8 Å². The molecule has 100 valence electrons. The summed E-state index contributed by atoms with van der Waals surface area (Å²) in [5, 5.41) is 0. The second-order valence-electron chi connectivity index (χ2n) is 5.09. The van der Waals surface area contributed by atoms with Crippen molar-refractivity contribution in [3.8, 4) is 0 Å². The van der Waals surface area contributed by atoms with Gasteiger partial charge in [-0.15, -0.1) is 11.6 Å². The van der Waals surface area contributed by atoms with Crippen molar-refractivity contribution in [1.82, 2.24) is 0 Å². The fraction of sp³-hybridized carbons (Fsp3) is 0.833. The third-order valence-electron chi connectivity index (χ3n) is 4.18.